The van der Waals surface area contributed by atoms with Crippen LogP contribution >= 0.6 is 0 Å². The maximum atomic E-state index is 5.46. The maximum Gasteiger partial charge on any atom is 0.0907 e. The van der Waals surface area contributed by atoms with E-state index in [-0.39, 0.29) is 0 Å². The number of aliphatic imine (C=N–C) groups is 2. The number of nitrogens with zero attached hydrogens (tertiary/aromatic N) is 3. The third kappa shape index (κ3) is 4.06. The van der Waals surface area contributed by atoms with Crippen molar-refractivity contribution in [3.05, 3.63) is 120 Å². The molecule has 8 bridgehead atoms. The summed E-state index contributed by atoms with van der Waals surface area (Å²) in [6.45, 7) is 17.6. The van der Waals surface area contributed by atoms with Crippen LogP contribution < -0.4 is 10.7 Å². The van der Waals surface area contributed by atoms with Crippen molar-refractivity contribution in [1.82, 2.24) is 14.9 Å². The van der Waals surface area contributed by atoms with Crippen LogP contribution in [0.4, 0.5) is 0 Å². The third-order valence-corrected chi connectivity index (χ3v) is 9.17. The van der Waals surface area contributed by atoms with Crippen LogP contribution in [0.5, 0.6) is 0 Å². The first kappa shape index (κ1) is 26.8. The molecular weight excluding hydrogens is 502 g/mol. The molecule has 1 aromatic carbocycles. The molecule has 3 aliphatic heterocycles. The number of hydrogen-bond acceptors (Lipinski definition) is 3. The average Bonchev–Trinajstić information content (AvgIpc) is 3.60. The molecule has 6 rings (SSSR count). The van der Waals surface area contributed by atoms with Gasteiger partial charge in [-0.1, -0.05) is 30.3 Å². The van der Waals surface area contributed by atoms with Crippen LogP contribution in [0.2, 0.25) is 0 Å². The van der Waals surface area contributed by atoms with Crippen molar-refractivity contribution in [3.63, 3.8) is 0 Å². The van der Waals surface area contributed by atoms with E-state index in [1.165, 1.54) is 44.5 Å². The Balaban J connectivity index is 1.83. The minimum atomic E-state index is 0.981. The molecule has 0 saturated heterocycles. The monoisotopic (exact) mass is 541 g/mol. The number of hydrogen-bond donors (Lipinski definition) is 2. The van der Waals surface area contributed by atoms with Crippen LogP contribution in [0.15, 0.2) is 80.1 Å². The predicted molar refractivity (Wildman–Crippen MR) is 173 cm³/mol. The molecule has 0 fully saturated rings. The predicted octanol–water partition coefficient (Wildman–Crippen LogP) is 6.31. The van der Waals surface area contributed by atoms with Crippen molar-refractivity contribution in [2.75, 3.05) is 14.1 Å². The summed E-state index contributed by atoms with van der Waals surface area (Å²) in [5.41, 5.74) is 19.2. The Morgan fingerprint density at radius 2 is 1.27 bits per heavy atom. The number of nitrogens with one attached hydrogen (secondary N) is 2. The van der Waals surface area contributed by atoms with Crippen molar-refractivity contribution in [3.8, 4) is 0 Å². The molecule has 5 heterocycles. The fraction of sp³-hybridized carbons (Fsp3) is 0.278. The van der Waals surface area contributed by atoms with Crippen molar-refractivity contribution in [2.24, 2.45) is 9.98 Å². The van der Waals surface area contributed by atoms with E-state index in [9.17, 15) is 0 Å². The van der Waals surface area contributed by atoms with Gasteiger partial charge in [-0.3, -0.25) is 0 Å². The molecule has 0 atom stereocenters. The van der Waals surface area contributed by atoms with Gasteiger partial charge in [-0.15, -0.1) is 0 Å². The summed E-state index contributed by atoms with van der Waals surface area (Å²) >= 11 is 0. The fourth-order valence-corrected chi connectivity index (χ4v) is 6.12. The summed E-state index contributed by atoms with van der Waals surface area (Å²) in [5.74, 6) is 0. The highest BCUT2D eigenvalue weighted by atomic mass is 15.0. The first-order chi connectivity index (χ1) is 19.5. The lowest BCUT2D eigenvalue weighted by Gasteiger charge is -2.14. The summed E-state index contributed by atoms with van der Waals surface area (Å²) in [6, 6.07) is 10.7. The highest BCUT2D eigenvalue weighted by Crippen LogP contribution is 2.40. The highest BCUT2D eigenvalue weighted by molar-refractivity contribution is 6.37. The molecule has 2 aromatic heterocycles. The van der Waals surface area contributed by atoms with Gasteiger partial charge in [0.25, 0.3) is 0 Å². The Labute approximate surface area is 242 Å². The molecule has 5 nitrogen and oxygen atoms in total. The fourth-order valence-electron chi connectivity index (χ4n) is 6.12. The minimum absolute atomic E-state index is 0.981. The molecule has 208 valence electrons. The standard InChI is InChI=1S/C36H39N5/c1-18-20(3)33-30(26-14-12-11-13-15-26)34-24(7)22(5)31(39-34)27(17-41(9)10)32-23(6)25(8)36(40-32)35-21(4)19(2)29(38-35)16-28(18)37-33/h11-17,37-38H,1-10H3/b27-17+,29-16?,34-30?,36-35?. The van der Waals surface area contributed by atoms with E-state index in [0.29, 0.717) is 0 Å². The zero-order chi connectivity index (χ0) is 29.3. The Hall–Kier alpha value is -4.38. The second-order valence-electron chi connectivity index (χ2n) is 11.8. The largest absolute Gasteiger partial charge is 0.383 e. The number of fused-ring (bicyclic) bond motifs is 6. The average molecular weight is 542 g/mol. The molecule has 0 unspecified atom stereocenters. The summed E-state index contributed by atoms with van der Waals surface area (Å²) in [6.07, 6.45) is 4.43. The van der Waals surface area contributed by atoms with E-state index < -0.39 is 0 Å². The summed E-state index contributed by atoms with van der Waals surface area (Å²) in [4.78, 5) is 20.5. The molecular formula is C36H39N5. The molecule has 3 aromatic rings. The van der Waals surface area contributed by atoms with Gasteiger partial charge in [0.2, 0.25) is 0 Å². The number of allylic oxidation sites excluding steroid dienone is 4. The van der Waals surface area contributed by atoms with E-state index in [2.05, 4.69) is 127 Å². The Kier molecular flexibility index (Phi) is 6.29. The van der Waals surface area contributed by atoms with Gasteiger partial charge < -0.3 is 14.9 Å². The highest BCUT2D eigenvalue weighted by Gasteiger charge is 2.31. The first-order valence-corrected chi connectivity index (χ1v) is 14.3. The molecule has 5 heteroatoms. The SMILES string of the molecule is CC1=C(C)C2=C(c3ccccc3)c3[nH]c(c(C)c3C)C=c3[nH]c(c(C)c3C)=C3N=C(C(C)=C3C)/C(=C/N(C)C)C1=N2. The van der Waals surface area contributed by atoms with Gasteiger partial charge in [-0.05, 0) is 112 Å². The van der Waals surface area contributed by atoms with E-state index in [4.69, 9.17) is 9.98 Å². The molecule has 3 aliphatic rings. The zero-order valence-electron chi connectivity index (χ0n) is 25.9. The lowest BCUT2D eigenvalue weighted by molar-refractivity contribution is 0.563. The quantitative estimate of drug-likeness (QED) is 0.392. The van der Waals surface area contributed by atoms with E-state index in [1.54, 1.807) is 0 Å². The summed E-state index contributed by atoms with van der Waals surface area (Å²) in [7, 11) is 4.13. The van der Waals surface area contributed by atoms with Gasteiger partial charge in [0.05, 0.1) is 33.9 Å². The number of rotatable bonds is 2. The number of benzene rings is 1. The Morgan fingerprint density at radius 3 is 1.90 bits per heavy atom. The lowest BCUT2D eigenvalue weighted by atomic mass is 9.92. The van der Waals surface area contributed by atoms with Crippen LogP contribution in [0, 0.1) is 27.7 Å². The lowest BCUT2D eigenvalue weighted by Crippen LogP contribution is -2.17. The van der Waals surface area contributed by atoms with Crippen LogP contribution in [0.3, 0.4) is 0 Å². The van der Waals surface area contributed by atoms with Crippen LogP contribution in [0.25, 0.3) is 17.3 Å². The van der Waals surface area contributed by atoms with Gasteiger partial charge in [-0.2, -0.15) is 0 Å². The number of aromatic nitrogens is 2. The maximum absolute atomic E-state index is 5.46. The molecule has 0 radical (unpaired) electrons. The third-order valence-electron chi connectivity index (χ3n) is 9.17. The summed E-state index contributed by atoms with van der Waals surface area (Å²) in [5, 5.41) is 2.19. The van der Waals surface area contributed by atoms with Gasteiger partial charge in [0, 0.05) is 42.5 Å². The normalized spacial score (nSPS) is 17.7. The summed E-state index contributed by atoms with van der Waals surface area (Å²) < 4.78 is 0. The molecule has 2 N–H and O–H groups in total. The number of aromatic amines is 2. The second kappa shape index (κ2) is 9.62. The van der Waals surface area contributed by atoms with Crippen LogP contribution in [-0.2, 0) is 0 Å². The molecule has 0 saturated carbocycles. The first-order valence-electron chi connectivity index (χ1n) is 14.3. The molecule has 0 aliphatic carbocycles. The van der Waals surface area contributed by atoms with Crippen molar-refractivity contribution >= 4 is 28.8 Å². The topological polar surface area (TPSA) is 59.5 Å². The van der Waals surface area contributed by atoms with Gasteiger partial charge in [0.15, 0.2) is 0 Å². The van der Waals surface area contributed by atoms with Crippen LogP contribution in [0.1, 0.15) is 66.9 Å². The van der Waals surface area contributed by atoms with Crippen molar-refractivity contribution in [1.29, 1.82) is 0 Å². The smallest absolute Gasteiger partial charge is 0.0907 e. The van der Waals surface area contributed by atoms with Crippen molar-refractivity contribution < 1.29 is 0 Å². The van der Waals surface area contributed by atoms with Crippen LogP contribution in [-0.4, -0.2) is 40.4 Å². The van der Waals surface area contributed by atoms with Crippen molar-refractivity contribution in [2.45, 2.75) is 55.4 Å². The Morgan fingerprint density at radius 1 is 0.659 bits per heavy atom. The van der Waals surface area contributed by atoms with E-state index in [0.717, 1.165) is 61.6 Å². The molecule has 0 amide bonds. The van der Waals surface area contributed by atoms with Gasteiger partial charge in [-0.25, -0.2) is 9.98 Å². The van der Waals surface area contributed by atoms with E-state index >= 15 is 0 Å². The van der Waals surface area contributed by atoms with Gasteiger partial charge in [0.1, 0.15) is 0 Å². The molecule has 41 heavy (non-hydrogen) atoms. The van der Waals surface area contributed by atoms with Gasteiger partial charge >= 0.3 is 0 Å². The van der Waals surface area contributed by atoms with E-state index in [1.807, 2.05) is 0 Å². The number of H-pyrrole nitrogens is 2. The molecule has 0 spiro atoms. The second-order valence-corrected chi connectivity index (χ2v) is 11.8. The Bertz CT molecular complexity index is 1960. The zero-order valence-corrected chi connectivity index (χ0v) is 25.9. The minimum Gasteiger partial charge on any atom is -0.383 e.